The molecule has 0 bridgehead atoms. The highest BCUT2D eigenvalue weighted by molar-refractivity contribution is 7.92. The fraction of sp³-hybridized carbons (Fsp3) is 0.542. The Balaban J connectivity index is 1.39. The Morgan fingerprint density at radius 3 is 2.51 bits per heavy atom. The predicted octanol–water partition coefficient (Wildman–Crippen LogP) is 5.04. The quantitative estimate of drug-likeness (QED) is 0.435. The van der Waals surface area contributed by atoms with E-state index in [2.05, 4.69) is 23.7 Å². The van der Waals surface area contributed by atoms with Crippen LogP contribution in [0.5, 0.6) is 0 Å². The number of nitrogens with one attached hydrogen (secondary N) is 1. The molecule has 3 fully saturated rings. The number of hydrogen-bond donors (Lipinski definition) is 1. The van der Waals surface area contributed by atoms with Crippen molar-refractivity contribution in [3.8, 4) is 0 Å². The van der Waals surface area contributed by atoms with Crippen LogP contribution in [-0.4, -0.2) is 50.5 Å². The number of hydrogen-bond acceptors (Lipinski definition) is 5. The zero-order chi connectivity index (χ0) is 25.2. The molecule has 2 aromatic rings. The molecule has 1 N–H and O–H groups in total. The molecule has 0 radical (unpaired) electrons. The van der Waals surface area contributed by atoms with Gasteiger partial charge in [0.15, 0.2) is 10.7 Å². The Kier molecular flexibility index (Phi) is 6.00. The van der Waals surface area contributed by atoms with Gasteiger partial charge in [-0.05, 0) is 49.8 Å². The average molecular weight is 529 g/mol. The fourth-order valence-corrected chi connectivity index (χ4v) is 7.41. The van der Waals surface area contributed by atoms with Gasteiger partial charge in [0, 0.05) is 37.2 Å². The second kappa shape index (κ2) is 8.52. The highest BCUT2D eigenvalue weighted by atomic mass is 35.5. The van der Waals surface area contributed by atoms with E-state index < -0.39 is 43.3 Å². The topological polar surface area (TPSA) is 65.5 Å². The minimum absolute atomic E-state index is 0.0477. The van der Waals surface area contributed by atoms with Gasteiger partial charge in [0.2, 0.25) is 5.95 Å². The van der Waals surface area contributed by atoms with E-state index in [-0.39, 0.29) is 11.1 Å². The second-order valence-electron chi connectivity index (χ2n) is 10.8. The smallest absolute Gasteiger partial charge is 0.268 e. The number of rotatable bonds is 5. The Bertz CT molecular complexity index is 1280. The van der Waals surface area contributed by atoms with Crippen molar-refractivity contribution in [1.82, 2.24) is 9.88 Å². The maximum absolute atomic E-state index is 15.2. The zero-order valence-corrected chi connectivity index (χ0v) is 21.2. The predicted molar refractivity (Wildman–Crippen MR) is 129 cm³/mol. The summed E-state index contributed by atoms with van der Waals surface area (Å²) in [5, 5.41) is -0.450. The molecule has 2 saturated heterocycles. The number of pyridine rings is 1. The molecule has 190 valence electrons. The van der Waals surface area contributed by atoms with Crippen LogP contribution in [0.4, 0.5) is 24.7 Å². The van der Waals surface area contributed by atoms with Crippen LogP contribution >= 0.6 is 11.6 Å². The van der Waals surface area contributed by atoms with Gasteiger partial charge in [0.1, 0.15) is 16.7 Å². The van der Waals surface area contributed by atoms with Crippen molar-refractivity contribution in [2.45, 2.75) is 50.5 Å². The molecule has 5 rings (SSSR count). The third-order valence-electron chi connectivity index (χ3n) is 7.82. The van der Waals surface area contributed by atoms with E-state index >= 15 is 8.78 Å². The molecule has 1 saturated carbocycles. The first-order valence-electron chi connectivity index (χ1n) is 11.7. The highest BCUT2D eigenvalue weighted by Gasteiger charge is 2.54. The summed E-state index contributed by atoms with van der Waals surface area (Å²) in [6.07, 6.45) is 4.20. The third-order valence-corrected chi connectivity index (χ3v) is 9.57. The molecule has 1 aliphatic carbocycles. The number of aromatic nitrogens is 1. The summed E-state index contributed by atoms with van der Waals surface area (Å²) >= 11 is 6.28. The van der Waals surface area contributed by atoms with Gasteiger partial charge in [-0.3, -0.25) is 9.62 Å². The van der Waals surface area contributed by atoms with Gasteiger partial charge in [-0.25, -0.2) is 22.2 Å². The molecule has 1 spiro atoms. The zero-order valence-electron chi connectivity index (χ0n) is 19.6. The first kappa shape index (κ1) is 24.6. The Labute approximate surface area is 208 Å². The molecule has 6 nitrogen and oxygen atoms in total. The number of halogens is 4. The van der Waals surface area contributed by atoms with E-state index in [0.29, 0.717) is 24.5 Å². The molecule has 11 heteroatoms. The van der Waals surface area contributed by atoms with Crippen molar-refractivity contribution >= 4 is 33.1 Å². The van der Waals surface area contributed by atoms with Crippen molar-refractivity contribution in [3.05, 3.63) is 46.9 Å². The third kappa shape index (κ3) is 4.38. The molecule has 3 heterocycles. The van der Waals surface area contributed by atoms with Gasteiger partial charge in [-0.2, -0.15) is 4.39 Å². The summed E-state index contributed by atoms with van der Waals surface area (Å²) in [5.74, 6) is -3.97. The number of sulfonamides is 1. The number of nitrogens with zero attached hydrogens (tertiary/aromatic N) is 3. The normalized spacial score (nSPS) is 26.3. The molecule has 35 heavy (non-hydrogen) atoms. The lowest BCUT2D eigenvalue weighted by atomic mass is 9.63. The van der Waals surface area contributed by atoms with Gasteiger partial charge in [0.05, 0.1) is 5.69 Å². The fourth-order valence-electron chi connectivity index (χ4n) is 5.95. The molecule has 2 atom stereocenters. The Hall–Kier alpha value is -2.04. The van der Waals surface area contributed by atoms with Crippen LogP contribution in [0, 0.1) is 28.4 Å². The van der Waals surface area contributed by atoms with Crippen molar-refractivity contribution in [3.63, 3.8) is 0 Å². The monoisotopic (exact) mass is 528 g/mol. The highest BCUT2D eigenvalue weighted by Crippen LogP contribution is 2.54. The Morgan fingerprint density at radius 2 is 1.89 bits per heavy atom. The summed E-state index contributed by atoms with van der Waals surface area (Å²) in [4.78, 5) is 6.58. The van der Waals surface area contributed by atoms with Crippen LogP contribution in [0.25, 0.3) is 0 Å². The average Bonchev–Trinajstić information content (AvgIpc) is 3.34. The van der Waals surface area contributed by atoms with Crippen LogP contribution < -0.4 is 9.62 Å². The SMILES string of the molecule is CC1(C)CCN([C@H]2CC[C@@]23CCN(c2cc(F)c(S(=O)(=O)Nc4cccc(F)n4)c(F)c2Cl)C3)C1. The van der Waals surface area contributed by atoms with Crippen LogP contribution in [0.15, 0.2) is 29.2 Å². The lowest BCUT2D eigenvalue weighted by Gasteiger charge is -2.52. The minimum Gasteiger partial charge on any atom is -0.370 e. The van der Waals surface area contributed by atoms with Gasteiger partial charge in [-0.1, -0.05) is 31.5 Å². The van der Waals surface area contributed by atoms with E-state index in [9.17, 15) is 12.8 Å². The number of benzene rings is 1. The van der Waals surface area contributed by atoms with Gasteiger partial charge in [0.25, 0.3) is 10.0 Å². The van der Waals surface area contributed by atoms with E-state index in [1.165, 1.54) is 12.1 Å². The van der Waals surface area contributed by atoms with Crippen molar-refractivity contribution in [1.29, 1.82) is 0 Å². The van der Waals surface area contributed by atoms with Crippen molar-refractivity contribution in [2.24, 2.45) is 10.8 Å². The Morgan fingerprint density at radius 1 is 1.11 bits per heavy atom. The van der Waals surface area contributed by atoms with Gasteiger partial charge >= 0.3 is 0 Å². The molecular weight excluding hydrogens is 501 g/mol. The molecule has 1 aromatic heterocycles. The maximum atomic E-state index is 15.2. The van der Waals surface area contributed by atoms with Crippen LogP contribution in [0.3, 0.4) is 0 Å². The largest absolute Gasteiger partial charge is 0.370 e. The molecular formula is C24H28ClF3N4O2S. The summed E-state index contributed by atoms with van der Waals surface area (Å²) in [7, 11) is -4.74. The van der Waals surface area contributed by atoms with E-state index in [0.717, 1.165) is 50.9 Å². The van der Waals surface area contributed by atoms with Crippen molar-refractivity contribution in [2.75, 3.05) is 35.8 Å². The van der Waals surface area contributed by atoms with E-state index in [1.54, 1.807) is 0 Å². The summed E-state index contributed by atoms with van der Waals surface area (Å²) in [6, 6.07) is 4.83. The maximum Gasteiger partial charge on any atom is 0.268 e. The summed E-state index contributed by atoms with van der Waals surface area (Å²) < 4.78 is 71.0. The molecule has 0 unspecified atom stereocenters. The number of likely N-dealkylation sites (tertiary alicyclic amines) is 1. The van der Waals surface area contributed by atoms with E-state index in [4.69, 9.17) is 11.6 Å². The minimum atomic E-state index is -4.74. The first-order chi connectivity index (χ1) is 16.4. The summed E-state index contributed by atoms with van der Waals surface area (Å²) in [6.45, 7) is 7.86. The summed E-state index contributed by atoms with van der Waals surface area (Å²) in [5.41, 5.74) is 0.487. The standard InChI is InChI=1S/C24H28ClF3N4O2S/c1-23(2)8-10-32(13-23)17-6-7-24(17)9-11-31(14-24)16-12-15(26)22(21(28)20(16)25)35(33,34)30-19-5-3-4-18(27)29-19/h3-5,12,17H,6-11,13-14H2,1-2H3,(H,29,30)/t17-,24-/m0/s1. The lowest BCUT2D eigenvalue weighted by Crippen LogP contribution is -2.56. The molecule has 0 amide bonds. The molecule has 1 aromatic carbocycles. The van der Waals surface area contributed by atoms with Crippen molar-refractivity contribution < 1.29 is 21.6 Å². The number of anilines is 2. The van der Waals surface area contributed by atoms with Gasteiger partial charge in [-0.15, -0.1) is 0 Å². The molecule has 3 aliphatic rings. The lowest BCUT2D eigenvalue weighted by molar-refractivity contribution is -0.00273. The molecule has 2 aliphatic heterocycles. The first-order valence-corrected chi connectivity index (χ1v) is 13.6. The van der Waals surface area contributed by atoms with Crippen LogP contribution in [0.1, 0.15) is 39.5 Å². The van der Waals surface area contributed by atoms with E-state index in [1.807, 2.05) is 9.62 Å². The second-order valence-corrected chi connectivity index (χ2v) is 12.8. The van der Waals surface area contributed by atoms with Crippen LogP contribution in [-0.2, 0) is 10.0 Å². The van der Waals surface area contributed by atoms with Gasteiger partial charge < -0.3 is 4.90 Å². The van der Waals surface area contributed by atoms with Crippen LogP contribution in [0.2, 0.25) is 5.02 Å².